The summed E-state index contributed by atoms with van der Waals surface area (Å²) in [6.07, 6.45) is 1.46. The minimum absolute atomic E-state index is 0.115. The smallest absolute Gasteiger partial charge is 0.253 e. The van der Waals surface area contributed by atoms with E-state index in [4.69, 9.17) is 4.42 Å². The number of benzene rings is 1. The molecule has 1 aliphatic heterocycles. The summed E-state index contributed by atoms with van der Waals surface area (Å²) in [4.78, 5) is 13.8. The highest BCUT2D eigenvalue weighted by Gasteiger charge is 2.40. The maximum Gasteiger partial charge on any atom is 0.253 e. The fraction of sp³-hybridized carbons (Fsp3) is 0.267. The number of amides is 1. The Morgan fingerprint density at radius 1 is 1.23 bits per heavy atom. The third-order valence-electron chi connectivity index (χ3n) is 3.66. The summed E-state index contributed by atoms with van der Waals surface area (Å²) in [5.41, 5.74) is 0.585. The lowest BCUT2D eigenvalue weighted by Crippen LogP contribution is -2.57. The molecule has 0 aliphatic carbocycles. The SMILES string of the molecule is O=C(c1ccc(I)cc1)N1CC(S(=O)(=O)Cc2ccco2)C1. The van der Waals surface area contributed by atoms with Gasteiger partial charge in [-0.05, 0) is 59.0 Å². The molecule has 5 nitrogen and oxygen atoms in total. The van der Waals surface area contributed by atoms with E-state index in [2.05, 4.69) is 22.6 Å². The molecular weight excluding hydrogens is 417 g/mol. The number of hydrogen-bond donors (Lipinski definition) is 0. The molecule has 0 atom stereocenters. The Hall–Kier alpha value is -1.35. The molecule has 2 aromatic rings. The number of hydrogen-bond acceptors (Lipinski definition) is 4. The van der Waals surface area contributed by atoms with E-state index in [0.717, 1.165) is 3.57 Å². The highest BCUT2D eigenvalue weighted by Crippen LogP contribution is 2.22. The zero-order chi connectivity index (χ0) is 15.7. The van der Waals surface area contributed by atoms with Gasteiger partial charge in [0, 0.05) is 22.2 Å². The second-order valence-electron chi connectivity index (χ2n) is 5.23. The number of furan rings is 1. The predicted molar refractivity (Wildman–Crippen MR) is 90.2 cm³/mol. The van der Waals surface area contributed by atoms with Crippen molar-refractivity contribution in [1.82, 2.24) is 4.90 Å². The van der Waals surface area contributed by atoms with Gasteiger partial charge in [0.05, 0.1) is 11.5 Å². The normalized spacial score (nSPS) is 15.6. The molecule has 0 saturated carbocycles. The third kappa shape index (κ3) is 3.19. The van der Waals surface area contributed by atoms with Crippen LogP contribution < -0.4 is 0 Å². The fourth-order valence-corrected chi connectivity index (χ4v) is 4.29. The van der Waals surface area contributed by atoms with Gasteiger partial charge in [0.2, 0.25) is 0 Å². The van der Waals surface area contributed by atoms with Crippen molar-refractivity contribution >= 4 is 38.3 Å². The van der Waals surface area contributed by atoms with E-state index in [1.165, 1.54) is 6.26 Å². The van der Waals surface area contributed by atoms with Gasteiger partial charge in [-0.1, -0.05) is 0 Å². The van der Waals surface area contributed by atoms with Gasteiger partial charge >= 0.3 is 0 Å². The van der Waals surface area contributed by atoms with Crippen LogP contribution in [0.15, 0.2) is 47.1 Å². The second-order valence-corrected chi connectivity index (χ2v) is 8.75. The molecule has 1 amide bonds. The molecule has 1 fully saturated rings. The fourth-order valence-electron chi connectivity index (χ4n) is 2.32. The molecule has 3 rings (SSSR count). The molecular formula is C15H14INO4S. The largest absolute Gasteiger partial charge is 0.468 e. The highest BCUT2D eigenvalue weighted by molar-refractivity contribution is 14.1. The van der Waals surface area contributed by atoms with E-state index in [9.17, 15) is 13.2 Å². The van der Waals surface area contributed by atoms with Crippen molar-refractivity contribution in [3.63, 3.8) is 0 Å². The topological polar surface area (TPSA) is 67.6 Å². The highest BCUT2D eigenvalue weighted by atomic mass is 127. The summed E-state index contributed by atoms with van der Waals surface area (Å²) >= 11 is 2.17. The molecule has 1 aromatic heterocycles. The maximum absolute atomic E-state index is 12.2. The lowest BCUT2D eigenvalue weighted by atomic mass is 10.1. The van der Waals surface area contributed by atoms with Crippen LogP contribution >= 0.6 is 22.6 Å². The van der Waals surface area contributed by atoms with Gasteiger partial charge in [-0.2, -0.15) is 0 Å². The lowest BCUT2D eigenvalue weighted by molar-refractivity contribution is 0.0659. The first kappa shape index (κ1) is 15.5. The quantitative estimate of drug-likeness (QED) is 0.698. The molecule has 1 aromatic carbocycles. The van der Waals surface area contributed by atoms with Crippen LogP contribution in [0.1, 0.15) is 16.1 Å². The molecule has 0 bridgehead atoms. The van der Waals surface area contributed by atoms with Crippen LogP contribution in [0.3, 0.4) is 0 Å². The number of nitrogens with zero attached hydrogens (tertiary/aromatic N) is 1. The van der Waals surface area contributed by atoms with Crippen molar-refractivity contribution in [1.29, 1.82) is 0 Å². The minimum Gasteiger partial charge on any atom is -0.468 e. The maximum atomic E-state index is 12.2. The molecule has 0 unspecified atom stereocenters. The monoisotopic (exact) mass is 431 g/mol. The van der Waals surface area contributed by atoms with Crippen molar-refractivity contribution in [2.75, 3.05) is 13.1 Å². The van der Waals surface area contributed by atoms with Gasteiger partial charge < -0.3 is 9.32 Å². The van der Waals surface area contributed by atoms with E-state index >= 15 is 0 Å². The molecule has 116 valence electrons. The minimum atomic E-state index is -3.29. The molecule has 22 heavy (non-hydrogen) atoms. The Kier molecular flexibility index (Phi) is 4.26. The Balaban J connectivity index is 1.61. The number of halogens is 1. The summed E-state index contributed by atoms with van der Waals surface area (Å²) in [5.74, 6) is 0.194. The number of carbonyl (C=O) groups excluding carboxylic acids is 1. The summed E-state index contributed by atoms with van der Waals surface area (Å²) in [5, 5.41) is -0.509. The van der Waals surface area contributed by atoms with Gasteiger partial charge in [0.25, 0.3) is 5.91 Å². The van der Waals surface area contributed by atoms with Crippen molar-refractivity contribution < 1.29 is 17.6 Å². The van der Waals surface area contributed by atoms with Crippen LogP contribution in [-0.2, 0) is 15.6 Å². The van der Waals surface area contributed by atoms with E-state index in [1.807, 2.05) is 12.1 Å². The second kappa shape index (κ2) is 6.04. The Labute approximate surface area is 142 Å². The molecule has 1 saturated heterocycles. The van der Waals surface area contributed by atoms with Crippen LogP contribution in [-0.4, -0.2) is 37.6 Å². The van der Waals surface area contributed by atoms with Crippen molar-refractivity contribution in [2.24, 2.45) is 0 Å². The predicted octanol–water partition coefficient (Wildman–Crippen LogP) is 2.32. The average Bonchev–Trinajstić information content (AvgIpc) is 2.89. The zero-order valence-electron chi connectivity index (χ0n) is 11.6. The standard InChI is InChI=1S/C15H14INO4S/c16-12-5-3-11(4-6-12)15(18)17-8-14(9-17)22(19,20)10-13-2-1-7-21-13/h1-7,14H,8-10H2. The van der Waals surface area contributed by atoms with E-state index < -0.39 is 15.1 Å². The van der Waals surface area contributed by atoms with E-state index in [-0.39, 0.29) is 24.7 Å². The number of carbonyl (C=O) groups is 1. The van der Waals surface area contributed by atoms with Gasteiger partial charge in [0.15, 0.2) is 9.84 Å². The first-order chi connectivity index (χ1) is 10.5. The molecule has 0 spiro atoms. The van der Waals surface area contributed by atoms with Gasteiger partial charge in [-0.15, -0.1) is 0 Å². The van der Waals surface area contributed by atoms with E-state index in [1.54, 1.807) is 29.2 Å². The van der Waals surface area contributed by atoms with Crippen molar-refractivity contribution in [3.05, 3.63) is 57.6 Å². The van der Waals surface area contributed by atoms with E-state index in [0.29, 0.717) is 11.3 Å². The van der Waals surface area contributed by atoms with Crippen molar-refractivity contribution in [2.45, 2.75) is 11.0 Å². The molecule has 7 heteroatoms. The summed E-state index contributed by atoms with van der Waals surface area (Å²) < 4.78 is 30.6. The summed E-state index contributed by atoms with van der Waals surface area (Å²) in [6.45, 7) is 0.488. The van der Waals surface area contributed by atoms with Gasteiger partial charge in [0.1, 0.15) is 11.5 Å². The number of likely N-dealkylation sites (tertiary alicyclic amines) is 1. The Morgan fingerprint density at radius 2 is 1.91 bits per heavy atom. The molecule has 2 heterocycles. The first-order valence-corrected chi connectivity index (χ1v) is 9.54. The first-order valence-electron chi connectivity index (χ1n) is 6.74. The summed E-state index contributed by atoms with van der Waals surface area (Å²) in [7, 11) is -3.29. The lowest BCUT2D eigenvalue weighted by Gasteiger charge is -2.38. The van der Waals surface area contributed by atoms with Crippen molar-refractivity contribution in [3.8, 4) is 0 Å². The van der Waals surface area contributed by atoms with Gasteiger partial charge in [-0.3, -0.25) is 4.79 Å². The number of sulfone groups is 1. The molecule has 0 radical (unpaired) electrons. The Bertz CT molecular complexity index is 762. The van der Waals surface area contributed by atoms with Crippen LogP contribution in [0.4, 0.5) is 0 Å². The van der Waals surface area contributed by atoms with Crippen LogP contribution in [0.2, 0.25) is 0 Å². The van der Waals surface area contributed by atoms with Crippen LogP contribution in [0.25, 0.3) is 0 Å². The third-order valence-corrected chi connectivity index (χ3v) is 6.38. The van der Waals surface area contributed by atoms with Crippen LogP contribution in [0, 0.1) is 3.57 Å². The van der Waals surface area contributed by atoms with Gasteiger partial charge in [-0.25, -0.2) is 8.42 Å². The zero-order valence-corrected chi connectivity index (χ0v) is 14.6. The Morgan fingerprint density at radius 3 is 2.50 bits per heavy atom. The number of rotatable bonds is 4. The molecule has 0 N–H and O–H groups in total. The summed E-state index contributed by atoms with van der Waals surface area (Å²) in [6, 6.07) is 10.5. The van der Waals surface area contributed by atoms with Crippen LogP contribution in [0.5, 0.6) is 0 Å². The average molecular weight is 431 g/mol. The molecule has 1 aliphatic rings.